The molecule has 2 aromatic heterocycles. The van der Waals surface area contributed by atoms with Gasteiger partial charge in [-0.25, -0.2) is 14.8 Å². The lowest BCUT2D eigenvalue weighted by Gasteiger charge is -2.43. The van der Waals surface area contributed by atoms with Crippen LogP contribution in [0, 0.1) is 11.3 Å². The summed E-state index contributed by atoms with van der Waals surface area (Å²) >= 11 is 0. The summed E-state index contributed by atoms with van der Waals surface area (Å²) in [6, 6.07) is 13.8. The minimum Gasteiger partial charge on any atom is -0.487 e. The molecule has 0 saturated carbocycles. The molecule has 46 heavy (non-hydrogen) atoms. The number of piperazine rings is 1. The molecule has 3 fully saturated rings. The first-order valence-electron chi connectivity index (χ1n) is 15.6. The number of aromatic nitrogens is 3. The van der Waals surface area contributed by atoms with Gasteiger partial charge in [0.1, 0.15) is 35.0 Å². The number of carbonyl (C=O) groups excluding carboxylic acids is 1. The minimum atomic E-state index is -0.564. The molecule has 3 aliphatic rings. The van der Waals surface area contributed by atoms with E-state index in [9.17, 15) is 10.1 Å². The van der Waals surface area contributed by atoms with Gasteiger partial charge in [-0.3, -0.25) is 4.90 Å². The van der Waals surface area contributed by atoms with E-state index in [0.29, 0.717) is 60.2 Å². The van der Waals surface area contributed by atoms with Crippen LogP contribution < -0.4 is 19.7 Å². The van der Waals surface area contributed by atoms with Crippen LogP contribution >= 0.6 is 0 Å². The third-order valence-electron chi connectivity index (χ3n) is 8.21. The summed E-state index contributed by atoms with van der Waals surface area (Å²) in [4.78, 5) is 32.6. The van der Waals surface area contributed by atoms with E-state index in [1.54, 1.807) is 36.4 Å². The van der Waals surface area contributed by atoms with Gasteiger partial charge in [0.15, 0.2) is 0 Å². The standard InChI is InChI=1S/C33H40N8O5/c1-33(2,3)46-32(42)41-12-10-25(19-41)45-28-7-5-22(17-23(28)18-34)26-9-11-35-31(36-26)38-29-8-6-27(30(37-29)43-4)40-15-13-39(14-16-40)24-20-44-21-24/h5-9,11,17,24-25H,10,12-16,19-21H2,1-4H3,(H,35,36,37,38). The van der Waals surface area contributed by atoms with E-state index in [-0.39, 0.29) is 12.2 Å². The van der Waals surface area contributed by atoms with Crippen molar-refractivity contribution in [3.05, 3.63) is 48.2 Å². The van der Waals surface area contributed by atoms with Crippen LogP contribution in [0.5, 0.6) is 11.6 Å². The number of rotatable bonds is 8. The van der Waals surface area contributed by atoms with Crippen molar-refractivity contribution in [2.75, 3.05) is 69.8 Å². The molecule has 0 aliphatic carbocycles. The van der Waals surface area contributed by atoms with Crippen LogP contribution in [-0.4, -0.2) is 108 Å². The van der Waals surface area contributed by atoms with Crippen molar-refractivity contribution in [1.82, 2.24) is 24.8 Å². The van der Waals surface area contributed by atoms with Crippen molar-refractivity contribution in [3.63, 3.8) is 0 Å². The van der Waals surface area contributed by atoms with Crippen LogP contribution in [0.4, 0.5) is 22.2 Å². The van der Waals surface area contributed by atoms with Crippen LogP contribution in [0.2, 0.25) is 0 Å². The monoisotopic (exact) mass is 628 g/mol. The second kappa shape index (κ2) is 13.4. The fourth-order valence-electron chi connectivity index (χ4n) is 5.73. The van der Waals surface area contributed by atoms with Gasteiger partial charge in [-0.1, -0.05) is 0 Å². The maximum Gasteiger partial charge on any atom is 0.410 e. The minimum absolute atomic E-state index is 0.233. The van der Waals surface area contributed by atoms with E-state index < -0.39 is 5.60 Å². The molecule has 3 aliphatic heterocycles. The molecule has 1 unspecified atom stereocenters. The van der Waals surface area contributed by atoms with Gasteiger partial charge in [0.2, 0.25) is 11.8 Å². The van der Waals surface area contributed by atoms with Crippen LogP contribution in [0.15, 0.2) is 42.6 Å². The molecular formula is C33H40N8O5. The molecule has 13 nitrogen and oxygen atoms in total. The molecule has 5 heterocycles. The van der Waals surface area contributed by atoms with E-state index in [1.165, 1.54) is 0 Å². The van der Waals surface area contributed by atoms with Crippen LogP contribution in [0.1, 0.15) is 32.8 Å². The van der Waals surface area contributed by atoms with Crippen molar-refractivity contribution < 1.29 is 23.7 Å². The average molecular weight is 629 g/mol. The quantitative estimate of drug-likeness (QED) is 0.385. The van der Waals surface area contributed by atoms with Gasteiger partial charge >= 0.3 is 6.09 Å². The summed E-state index contributed by atoms with van der Waals surface area (Å²) in [5.41, 5.74) is 2.14. The summed E-state index contributed by atoms with van der Waals surface area (Å²) < 4.78 is 22.6. The predicted octanol–water partition coefficient (Wildman–Crippen LogP) is 4.07. The second-order valence-electron chi connectivity index (χ2n) is 12.6. The van der Waals surface area contributed by atoms with Crippen molar-refractivity contribution in [2.24, 2.45) is 0 Å². The zero-order chi connectivity index (χ0) is 32.3. The second-order valence-corrected chi connectivity index (χ2v) is 12.6. The van der Waals surface area contributed by atoms with Crippen molar-refractivity contribution in [3.8, 4) is 29.0 Å². The van der Waals surface area contributed by atoms with Crippen LogP contribution in [0.25, 0.3) is 11.3 Å². The molecule has 0 spiro atoms. The summed E-state index contributed by atoms with van der Waals surface area (Å²) in [6.07, 6.45) is 1.71. The molecule has 1 N–H and O–H groups in total. The van der Waals surface area contributed by atoms with Crippen molar-refractivity contribution in [2.45, 2.75) is 44.9 Å². The van der Waals surface area contributed by atoms with Gasteiger partial charge in [-0.2, -0.15) is 10.2 Å². The molecular weight excluding hydrogens is 588 g/mol. The SMILES string of the molecule is COc1nc(Nc2nccc(-c3ccc(OC4CCN(C(=O)OC(C)(C)C)C4)c(C#N)c3)n2)ccc1N1CCN(C2COC2)CC1. The highest BCUT2D eigenvalue weighted by Crippen LogP contribution is 2.31. The van der Waals surface area contributed by atoms with Crippen LogP contribution in [0.3, 0.4) is 0 Å². The Morgan fingerprint density at radius 2 is 1.87 bits per heavy atom. The Morgan fingerprint density at radius 3 is 2.57 bits per heavy atom. The number of hydrogen-bond donors (Lipinski definition) is 1. The van der Waals surface area contributed by atoms with Gasteiger partial charge in [-0.05, 0) is 57.2 Å². The number of nitrogens with zero attached hydrogens (tertiary/aromatic N) is 7. The molecule has 0 radical (unpaired) electrons. The first-order valence-corrected chi connectivity index (χ1v) is 15.6. The van der Waals surface area contributed by atoms with E-state index in [0.717, 1.165) is 50.6 Å². The lowest BCUT2D eigenvalue weighted by molar-refractivity contribution is -0.0660. The Morgan fingerprint density at radius 1 is 1.07 bits per heavy atom. The third-order valence-corrected chi connectivity index (χ3v) is 8.21. The summed E-state index contributed by atoms with van der Waals surface area (Å²) in [7, 11) is 1.62. The molecule has 1 amide bonds. The van der Waals surface area contributed by atoms with Gasteiger partial charge in [0.25, 0.3) is 0 Å². The summed E-state index contributed by atoms with van der Waals surface area (Å²) in [6.45, 7) is 11.9. The number of amides is 1. The number of benzene rings is 1. The fourth-order valence-corrected chi connectivity index (χ4v) is 5.73. The number of anilines is 3. The normalized spacial score (nSPS) is 18.9. The predicted molar refractivity (Wildman–Crippen MR) is 171 cm³/mol. The molecule has 1 aromatic carbocycles. The maximum atomic E-state index is 12.4. The number of hydrogen-bond acceptors (Lipinski definition) is 12. The van der Waals surface area contributed by atoms with Crippen molar-refractivity contribution >= 4 is 23.5 Å². The van der Waals surface area contributed by atoms with Gasteiger partial charge in [-0.15, -0.1) is 0 Å². The Balaban J connectivity index is 1.10. The molecule has 6 rings (SSSR count). The number of pyridine rings is 1. The first-order chi connectivity index (χ1) is 22.2. The van der Waals surface area contributed by atoms with E-state index in [2.05, 4.69) is 36.1 Å². The van der Waals surface area contributed by atoms with Gasteiger partial charge in [0, 0.05) is 50.9 Å². The fraction of sp³-hybridized carbons (Fsp3) is 0.485. The Bertz CT molecular complexity index is 1590. The number of methoxy groups -OCH3 is 1. The molecule has 0 bridgehead atoms. The Hall–Kier alpha value is -4.67. The lowest BCUT2D eigenvalue weighted by Crippen LogP contribution is -2.56. The first kappa shape index (κ1) is 31.3. The number of ether oxygens (including phenoxy) is 4. The largest absolute Gasteiger partial charge is 0.487 e. The zero-order valence-corrected chi connectivity index (χ0v) is 26.7. The molecule has 3 aromatic rings. The summed E-state index contributed by atoms with van der Waals surface area (Å²) in [5.74, 6) is 1.92. The average Bonchev–Trinajstić information content (AvgIpc) is 3.49. The number of carbonyl (C=O) groups is 1. The van der Waals surface area contributed by atoms with E-state index in [4.69, 9.17) is 18.9 Å². The highest BCUT2D eigenvalue weighted by molar-refractivity contribution is 5.69. The lowest BCUT2D eigenvalue weighted by atomic mass is 10.1. The molecule has 13 heteroatoms. The van der Waals surface area contributed by atoms with Gasteiger partial charge in [0.05, 0.1) is 44.2 Å². The molecule has 242 valence electrons. The summed E-state index contributed by atoms with van der Waals surface area (Å²) in [5, 5.41) is 13.1. The van der Waals surface area contributed by atoms with Crippen LogP contribution in [-0.2, 0) is 9.47 Å². The Kier molecular flexibility index (Phi) is 9.10. The van der Waals surface area contributed by atoms with E-state index >= 15 is 0 Å². The van der Waals surface area contributed by atoms with E-state index in [1.807, 2.05) is 39.0 Å². The highest BCUT2D eigenvalue weighted by atomic mass is 16.6. The number of nitriles is 1. The van der Waals surface area contributed by atoms with Crippen molar-refractivity contribution in [1.29, 1.82) is 5.26 Å². The topological polar surface area (TPSA) is 138 Å². The highest BCUT2D eigenvalue weighted by Gasteiger charge is 2.32. The smallest absolute Gasteiger partial charge is 0.410 e. The van der Waals surface area contributed by atoms with Gasteiger partial charge < -0.3 is 34.1 Å². The Labute approximate surface area is 269 Å². The third kappa shape index (κ3) is 7.24. The number of likely N-dealkylation sites (tertiary alicyclic amines) is 1. The molecule has 1 atom stereocenters. The number of nitrogens with one attached hydrogen (secondary N) is 1. The molecule has 3 saturated heterocycles. The zero-order valence-electron chi connectivity index (χ0n) is 26.7. The maximum absolute atomic E-state index is 12.4.